The van der Waals surface area contributed by atoms with Gasteiger partial charge in [-0.05, 0) is 336 Å². The van der Waals surface area contributed by atoms with Crippen molar-refractivity contribution in [2.45, 2.75) is 241 Å². The molecule has 0 aliphatic heterocycles. The van der Waals surface area contributed by atoms with Gasteiger partial charge < -0.3 is 37.5 Å². The smallest absolute Gasteiger partial charge is 1.00 e. The molecule has 16 aliphatic rings. The first kappa shape index (κ1) is 111. The fourth-order valence-electron chi connectivity index (χ4n) is 24.4. The predicted molar refractivity (Wildman–Crippen MR) is 537 cm³/mol. The monoisotopic (exact) mass is 2610 g/mol. The maximum absolute atomic E-state index is 13.1. The zero-order valence-electron chi connectivity index (χ0n) is 72.2. The summed E-state index contributed by atoms with van der Waals surface area (Å²) in [6, 6.07) is 51.5. The molecular formula is C94H115Cl2F4I6NaO16S4V+. The van der Waals surface area contributed by atoms with Crippen LogP contribution in [-0.4, -0.2) is 103 Å². The van der Waals surface area contributed by atoms with Crippen LogP contribution in [0.3, 0.4) is 0 Å². The summed E-state index contributed by atoms with van der Waals surface area (Å²) in [7, 11) is -12.1. The molecule has 0 radical (unpaired) electrons. The molecule has 22 rings (SSSR count). The van der Waals surface area contributed by atoms with Gasteiger partial charge in [-0.15, -0.1) is 47.2 Å². The largest absolute Gasteiger partial charge is 1.00 e. The van der Waals surface area contributed by atoms with Gasteiger partial charge in [-0.1, -0.05) is 80.2 Å². The van der Waals surface area contributed by atoms with Crippen molar-refractivity contribution in [3.8, 4) is 11.5 Å². The van der Waals surface area contributed by atoms with Crippen molar-refractivity contribution in [2.24, 2.45) is 93.7 Å². The topological polar surface area (TPSA) is 238 Å². The molecule has 0 heterocycles. The number of halogens is 12. The number of carbonyl (C=O) groups is 4. The quantitative estimate of drug-likeness (QED) is 0.00897. The number of benzene rings is 6. The van der Waals surface area contributed by atoms with Gasteiger partial charge >= 0.3 is 129 Å². The van der Waals surface area contributed by atoms with Crippen LogP contribution in [-0.2, 0) is 85.1 Å². The minimum Gasteiger partial charge on any atom is 1.00 e. The normalized spacial score (nSPS) is 29.2. The molecule has 0 unspecified atom stereocenters. The third-order valence-corrected chi connectivity index (χ3v) is 34.6. The molecule has 6 aromatic carbocycles. The number of ether oxygens (including phenoxy) is 6. The second kappa shape index (κ2) is 48.2. The van der Waals surface area contributed by atoms with Gasteiger partial charge in [0, 0.05) is 61.5 Å². The van der Waals surface area contributed by atoms with Crippen LogP contribution in [0, 0.1) is 121 Å². The molecule has 16 aliphatic carbocycles. The van der Waals surface area contributed by atoms with Crippen LogP contribution in [0.15, 0.2) is 175 Å². The van der Waals surface area contributed by atoms with Crippen LogP contribution in [0.2, 0.25) is 0 Å². The molecule has 6 aromatic rings. The van der Waals surface area contributed by atoms with Gasteiger partial charge in [0.15, 0.2) is 76.0 Å². The van der Waals surface area contributed by atoms with E-state index in [2.05, 4.69) is 294 Å². The summed E-state index contributed by atoms with van der Waals surface area (Å²) >= 11 is 21.2. The van der Waals surface area contributed by atoms with Gasteiger partial charge in [-0.25, -0.2) is 26.4 Å². The number of carbonyl (C=O) groups excluding carboxylic acids is 4. The summed E-state index contributed by atoms with van der Waals surface area (Å²) < 4.78 is 149. The minimum absolute atomic E-state index is 0. The van der Waals surface area contributed by atoms with Crippen LogP contribution in [0.25, 0.3) is 0 Å². The van der Waals surface area contributed by atoms with E-state index in [9.17, 15) is 62.7 Å². The fourth-order valence-corrected chi connectivity index (χ4v) is 29.3. The van der Waals surface area contributed by atoms with E-state index in [4.69, 9.17) is 42.1 Å². The molecule has 16 bridgehead atoms. The Bertz CT molecular complexity index is 4400. The van der Waals surface area contributed by atoms with Crippen LogP contribution >= 0.6 is 144 Å². The van der Waals surface area contributed by atoms with E-state index in [1.165, 1.54) is 93.6 Å². The van der Waals surface area contributed by atoms with E-state index in [0.717, 1.165) is 95.9 Å². The number of aryl methyl sites for hydroxylation is 4. The maximum Gasteiger partial charge on any atom is 1.00 e. The predicted octanol–water partition coefficient (Wildman–Crippen LogP) is 22.9. The van der Waals surface area contributed by atoms with Crippen molar-refractivity contribution in [3.63, 3.8) is 0 Å². The Morgan fingerprint density at radius 2 is 0.625 bits per heavy atom. The molecule has 700 valence electrons. The first-order chi connectivity index (χ1) is 59.2. The molecular weight excluding hydrogens is 2500 g/mol. The van der Waals surface area contributed by atoms with Gasteiger partial charge in [0.1, 0.15) is 22.7 Å². The number of alkyl halides is 6. The van der Waals surface area contributed by atoms with Crippen LogP contribution in [0.5, 0.6) is 11.5 Å². The zero-order valence-corrected chi connectivity index (χ0v) is 93.5. The first-order valence-corrected chi connectivity index (χ1v) is 69.0. The Balaban J connectivity index is 0.000000191. The maximum atomic E-state index is 13.1. The summed E-state index contributed by atoms with van der Waals surface area (Å²) in [5.74, 6) is 7.71. The van der Waals surface area contributed by atoms with Crippen LogP contribution < -0.4 is 39.0 Å². The standard InChI is InChI=1S/2C33H37O3S.2C13H18F2O5S.CH2Cl2.CH4.I2.4HI.Na.V/c2*1-22-14-30(37(28-10-6-4-7-11-28)29-12-8-5-9-13-29)15-23(2)32(22)35-21-31(34)36-33(3)26-17-24-16-25(19-26)20-27(33)18-24;2*14-13(15,21(17,18)19)7-20-11(16)12-4-8-1-9(5-12)3-10(2-8)6-12;2-1-3;;1-2;;;;;;/h2*4-15,24-27H,16-21H2,1-3H3;2*8-10H,1-7H2,(H,17,18,19);1H2;1H4;;4*1H;;/q2*+1;;;;;;;;;;+1;+3/p-5. The van der Waals surface area contributed by atoms with Gasteiger partial charge in [0.05, 0.1) is 38.0 Å². The fraction of sp³-hybridized carbons (Fsp3) is 0.574. The molecule has 0 saturated heterocycles. The van der Waals surface area contributed by atoms with Gasteiger partial charge in [0.25, 0.3) is 0 Å². The Morgan fingerprint density at radius 1 is 0.422 bits per heavy atom. The molecule has 0 N–H and O–H groups in total. The van der Waals surface area contributed by atoms with Gasteiger partial charge in [-0.3, -0.25) is 9.59 Å². The van der Waals surface area contributed by atoms with Crippen LogP contribution in [0.1, 0.15) is 185 Å². The van der Waals surface area contributed by atoms with Crippen LogP contribution in [0.4, 0.5) is 17.6 Å². The molecule has 0 spiro atoms. The average Bonchev–Trinajstić information content (AvgIpc) is 0.708. The summed E-state index contributed by atoms with van der Waals surface area (Å²) in [4.78, 5) is 57.9. The Morgan fingerprint density at radius 3 is 0.828 bits per heavy atom. The molecule has 16 fully saturated rings. The zero-order chi connectivity index (χ0) is 90.4. The summed E-state index contributed by atoms with van der Waals surface area (Å²) in [5, 5.41) is -8.93. The minimum atomic E-state index is -5.81. The van der Waals surface area contributed by atoms with E-state index >= 15 is 0 Å². The van der Waals surface area contributed by atoms with E-state index < -0.39 is 66.7 Å². The van der Waals surface area contributed by atoms with Crippen molar-refractivity contribution in [1.29, 1.82) is 0 Å². The second-order valence-electron chi connectivity index (χ2n) is 37.2. The number of rotatable bonds is 22. The molecule has 0 aromatic heterocycles. The van der Waals surface area contributed by atoms with Crippen molar-refractivity contribution >= 4 is 210 Å². The van der Waals surface area contributed by atoms with E-state index in [-0.39, 0.29) is 129 Å². The Labute approximate surface area is 870 Å². The Hall–Kier alpha value is -0.416. The molecule has 34 heteroatoms. The molecule has 16 saturated carbocycles. The molecule has 128 heavy (non-hydrogen) atoms. The number of hydrogen-bond acceptors (Lipinski definition) is 16. The van der Waals surface area contributed by atoms with E-state index in [0.29, 0.717) is 97.7 Å². The Kier molecular flexibility index (Phi) is 41.8. The van der Waals surface area contributed by atoms with Crippen molar-refractivity contribution in [2.75, 3.05) is 31.8 Å². The van der Waals surface area contributed by atoms with Gasteiger partial charge in [0.2, 0.25) is 0 Å². The third-order valence-electron chi connectivity index (χ3n) is 28.5. The number of hydrogen-bond donors (Lipinski definition) is 0. The van der Waals surface area contributed by atoms with Crippen molar-refractivity contribution in [3.05, 3.63) is 168 Å². The van der Waals surface area contributed by atoms with E-state index in [1.807, 2.05) is 0 Å². The summed E-state index contributed by atoms with van der Waals surface area (Å²) in [6.45, 7) is 9.26. The molecule has 0 amide bonds. The van der Waals surface area contributed by atoms with E-state index in [1.54, 1.807) is 0 Å². The SMILES string of the molecule is C.Cc1cc([S+](c2ccccc2)c2ccccc2)cc(C)c1OCC(=O)OC1(C)C2CC3CC(C2)CC1C3.Cc1cc([S+](c2ccccc2)c2ccccc2)cc(C)c1OCC(=O)OC1(C)C2CC3CC(C2)CC1C3.ClCCl.I.II.O=C(OCC(F)(F)S(=O)(=O)[O-])C12CC3CC(CC(C3)C1)C2.O=C(OCC(F)(F)S(=O)(=O)[O-])C12CC3CC(CC(C3)C1)C2.[I][V]([I])[I].[Na+]. The molecule has 0 atom stereocenters. The summed E-state index contributed by atoms with van der Waals surface area (Å²) in [6.07, 6.45) is 22.9. The second-order valence-corrected chi connectivity index (χ2v) is 80.4. The van der Waals surface area contributed by atoms with Gasteiger partial charge in [-0.2, -0.15) is 17.6 Å². The van der Waals surface area contributed by atoms with Crippen molar-refractivity contribution < 1.29 is 126 Å². The third kappa shape index (κ3) is 27.2. The number of esters is 4. The average molecular weight is 2610 g/mol. The first-order valence-electron chi connectivity index (χ1n) is 42.8. The van der Waals surface area contributed by atoms with Crippen molar-refractivity contribution in [1.82, 2.24) is 0 Å². The summed E-state index contributed by atoms with van der Waals surface area (Å²) in [5.41, 5.74) is 2.08. The molecule has 16 nitrogen and oxygen atoms in total.